The maximum Gasteiger partial charge on any atom is 0.0555 e. The average Bonchev–Trinajstić information content (AvgIpc) is 4.10. The van der Waals surface area contributed by atoms with Gasteiger partial charge in [-0.05, 0) is 127 Å². The van der Waals surface area contributed by atoms with Gasteiger partial charge in [0.25, 0.3) is 0 Å². The molecule has 0 fully saturated rings. The third-order valence-electron chi connectivity index (χ3n) is 15.4. The number of para-hydroxylation sites is 1. The van der Waals surface area contributed by atoms with Gasteiger partial charge in [-0.15, -0.1) is 11.3 Å². The Morgan fingerprint density at radius 1 is 0.293 bits per heavy atom. The lowest BCUT2D eigenvalue weighted by molar-refractivity contribution is 1.20. The van der Waals surface area contributed by atoms with Crippen molar-refractivity contribution in [2.75, 3.05) is 4.90 Å². The third kappa shape index (κ3) is 7.16. The van der Waals surface area contributed by atoms with E-state index in [1.165, 1.54) is 119 Å². The van der Waals surface area contributed by atoms with Crippen molar-refractivity contribution in [1.29, 1.82) is 0 Å². The van der Waals surface area contributed by atoms with Crippen LogP contribution >= 0.6 is 11.3 Å². The summed E-state index contributed by atoms with van der Waals surface area (Å²) in [6.07, 6.45) is 0. The molecule has 0 bridgehead atoms. The van der Waals surface area contributed by atoms with Crippen LogP contribution in [-0.2, 0) is 0 Å². The van der Waals surface area contributed by atoms with Crippen molar-refractivity contribution in [3.8, 4) is 50.2 Å². The first-order valence-electron chi connectivity index (χ1n) is 25.7. The highest BCUT2D eigenvalue weighted by molar-refractivity contribution is 7.26. The molecule has 2 nitrogen and oxygen atoms in total. The maximum atomic E-state index is 2.49. The van der Waals surface area contributed by atoms with Crippen LogP contribution in [0.4, 0.5) is 17.1 Å². The molecule has 0 aliphatic rings. The standard InChI is InChI=1S/C72H46N2S/c1-2-18-53-45-54(38-37-47(53)15-1)50-35-33-48(34-36-50)49-39-41-56(42-40-49)73(68-44-43-62(61-28-12-19-51-16-3-5-23-58(51)61)72-71(68)64-26-8-10-32-69(64)75-72)57-22-11-21-55(46-57)60-27-14-31-67-70(60)63-25-7-9-29-66(63)74(67)65-30-13-20-52-17-4-6-24-59(52)65/h1-46H. The van der Waals surface area contributed by atoms with E-state index in [0.717, 1.165) is 22.6 Å². The largest absolute Gasteiger partial charge is 0.310 e. The van der Waals surface area contributed by atoms with Gasteiger partial charge in [0, 0.05) is 53.3 Å². The Kier molecular flexibility index (Phi) is 10.1. The van der Waals surface area contributed by atoms with E-state index < -0.39 is 0 Å². The minimum atomic E-state index is 1.09. The van der Waals surface area contributed by atoms with Gasteiger partial charge in [0.2, 0.25) is 0 Å². The minimum Gasteiger partial charge on any atom is -0.310 e. The van der Waals surface area contributed by atoms with Crippen molar-refractivity contribution in [2.24, 2.45) is 0 Å². The van der Waals surface area contributed by atoms with E-state index in [1.807, 2.05) is 11.3 Å². The van der Waals surface area contributed by atoms with Crippen molar-refractivity contribution in [3.05, 3.63) is 279 Å². The molecule has 0 saturated heterocycles. The molecule has 0 unspecified atom stereocenters. The Labute approximate surface area is 438 Å². The number of rotatable bonds is 8. The lowest BCUT2D eigenvalue weighted by Crippen LogP contribution is -2.10. The van der Waals surface area contributed by atoms with Crippen LogP contribution in [0.2, 0.25) is 0 Å². The zero-order valence-corrected chi connectivity index (χ0v) is 41.7. The molecule has 75 heavy (non-hydrogen) atoms. The van der Waals surface area contributed by atoms with E-state index in [2.05, 4.69) is 289 Å². The highest BCUT2D eigenvalue weighted by Gasteiger charge is 2.24. The molecule has 15 rings (SSSR count). The molecule has 350 valence electrons. The summed E-state index contributed by atoms with van der Waals surface area (Å²) in [7, 11) is 0. The Hall–Kier alpha value is -9.54. The van der Waals surface area contributed by atoms with Gasteiger partial charge in [0.1, 0.15) is 0 Å². The molecule has 2 heterocycles. The van der Waals surface area contributed by atoms with Crippen molar-refractivity contribution >= 4 is 103 Å². The van der Waals surface area contributed by atoms with Gasteiger partial charge < -0.3 is 9.47 Å². The molecule has 0 spiro atoms. The van der Waals surface area contributed by atoms with Crippen LogP contribution in [0.1, 0.15) is 0 Å². The van der Waals surface area contributed by atoms with Gasteiger partial charge in [0.15, 0.2) is 0 Å². The third-order valence-corrected chi connectivity index (χ3v) is 16.6. The van der Waals surface area contributed by atoms with E-state index >= 15 is 0 Å². The van der Waals surface area contributed by atoms with E-state index in [9.17, 15) is 0 Å². The van der Waals surface area contributed by atoms with Crippen molar-refractivity contribution in [1.82, 2.24) is 4.57 Å². The van der Waals surface area contributed by atoms with Crippen molar-refractivity contribution < 1.29 is 0 Å². The second-order valence-electron chi connectivity index (χ2n) is 19.6. The van der Waals surface area contributed by atoms with Gasteiger partial charge in [-0.2, -0.15) is 0 Å². The second kappa shape index (κ2) is 17.6. The minimum absolute atomic E-state index is 1.09. The lowest BCUT2D eigenvalue weighted by atomic mass is 9.95. The van der Waals surface area contributed by atoms with Crippen LogP contribution in [-0.4, -0.2) is 4.57 Å². The predicted octanol–water partition coefficient (Wildman–Crippen LogP) is 20.7. The van der Waals surface area contributed by atoms with Crippen LogP contribution < -0.4 is 4.90 Å². The van der Waals surface area contributed by atoms with Crippen molar-refractivity contribution in [3.63, 3.8) is 0 Å². The summed E-state index contributed by atoms with van der Waals surface area (Å²) < 4.78 is 5.01. The molecule has 0 aliphatic heterocycles. The topological polar surface area (TPSA) is 8.17 Å². The van der Waals surface area contributed by atoms with E-state index in [4.69, 9.17) is 0 Å². The summed E-state index contributed by atoms with van der Waals surface area (Å²) in [5, 5.41) is 12.4. The van der Waals surface area contributed by atoms with Gasteiger partial charge >= 0.3 is 0 Å². The SMILES string of the molecule is c1cc(-c2cccc3c2c2ccccc2n3-c2cccc3ccccc23)cc(N(c2ccc(-c3ccc(-c4ccc5ccccc5c4)cc3)cc2)c2ccc(-c3cccc4ccccc34)c3sc4ccccc4c23)c1. The summed E-state index contributed by atoms with van der Waals surface area (Å²) in [6.45, 7) is 0. The van der Waals surface area contributed by atoms with Gasteiger partial charge in [-0.3, -0.25) is 0 Å². The summed E-state index contributed by atoms with van der Waals surface area (Å²) in [5.74, 6) is 0. The lowest BCUT2D eigenvalue weighted by Gasteiger charge is -2.28. The Morgan fingerprint density at radius 2 is 0.867 bits per heavy atom. The zero-order chi connectivity index (χ0) is 49.4. The molecule has 0 atom stereocenters. The Balaban J connectivity index is 0.910. The molecule has 0 saturated carbocycles. The number of benzene rings is 13. The smallest absolute Gasteiger partial charge is 0.0555 e. The Morgan fingerprint density at radius 3 is 1.68 bits per heavy atom. The van der Waals surface area contributed by atoms with Crippen LogP contribution in [0.25, 0.3) is 124 Å². The highest BCUT2D eigenvalue weighted by Crippen LogP contribution is 2.50. The first-order chi connectivity index (χ1) is 37.2. The summed E-state index contributed by atoms with van der Waals surface area (Å²) in [4.78, 5) is 2.49. The fraction of sp³-hybridized carbons (Fsp3) is 0. The van der Waals surface area contributed by atoms with E-state index in [0.29, 0.717) is 0 Å². The first-order valence-corrected chi connectivity index (χ1v) is 26.5. The molecular formula is C72H46N2S. The van der Waals surface area contributed by atoms with Gasteiger partial charge in [-0.1, -0.05) is 218 Å². The first kappa shape index (κ1) is 43.1. The second-order valence-corrected chi connectivity index (χ2v) is 20.6. The molecule has 15 aromatic rings. The number of anilines is 3. The Bertz CT molecular complexity index is 4700. The van der Waals surface area contributed by atoms with E-state index in [-0.39, 0.29) is 0 Å². The molecule has 0 aliphatic carbocycles. The van der Waals surface area contributed by atoms with Gasteiger partial charge in [-0.25, -0.2) is 0 Å². The fourth-order valence-corrected chi connectivity index (χ4v) is 13.1. The average molecular weight is 971 g/mol. The monoisotopic (exact) mass is 970 g/mol. The predicted molar refractivity (Wildman–Crippen MR) is 323 cm³/mol. The van der Waals surface area contributed by atoms with Crippen LogP contribution in [0.3, 0.4) is 0 Å². The zero-order valence-electron chi connectivity index (χ0n) is 40.9. The highest BCUT2D eigenvalue weighted by atomic mass is 32.1. The normalized spacial score (nSPS) is 11.7. The number of fused-ring (bicyclic) bond motifs is 9. The fourth-order valence-electron chi connectivity index (χ4n) is 11.9. The summed E-state index contributed by atoms with van der Waals surface area (Å²) in [6, 6.07) is 103. The number of aromatic nitrogens is 1. The molecule has 2 aromatic heterocycles. The molecule has 0 radical (unpaired) electrons. The summed E-state index contributed by atoms with van der Waals surface area (Å²) in [5.41, 5.74) is 16.5. The van der Waals surface area contributed by atoms with Gasteiger partial charge in [0.05, 0.1) is 22.4 Å². The van der Waals surface area contributed by atoms with Crippen LogP contribution in [0.5, 0.6) is 0 Å². The number of hydrogen-bond donors (Lipinski definition) is 0. The van der Waals surface area contributed by atoms with Crippen molar-refractivity contribution in [2.45, 2.75) is 0 Å². The van der Waals surface area contributed by atoms with E-state index in [1.54, 1.807) is 0 Å². The molecule has 13 aromatic carbocycles. The quantitative estimate of drug-likeness (QED) is 0.147. The number of hydrogen-bond acceptors (Lipinski definition) is 2. The molecule has 0 amide bonds. The maximum absolute atomic E-state index is 2.49. The van der Waals surface area contributed by atoms with Crippen LogP contribution in [0.15, 0.2) is 279 Å². The molecule has 0 N–H and O–H groups in total. The van der Waals surface area contributed by atoms with Crippen LogP contribution in [0, 0.1) is 0 Å². The molecular weight excluding hydrogens is 925 g/mol. The number of nitrogens with zero attached hydrogens (tertiary/aromatic N) is 2. The molecule has 3 heteroatoms. The summed E-state index contributed by atoms with van der Waals surface area (Å²) >= 11 is 1.89. The number of thiophene rings is 1.